The van der Waals surface area contributed by atoms with Gasteiger partial charge in [0.25, 0.3) is 0 Å². The molecule has 0 radical (unpaired) electrons. The van der Waals surface area contributed by atoms with Crippen molar-refractivity contribution in [3.05, 3.63) is 60.2 Å². The lowest BCUT2D eigenvalue weighted by Crippen LogP contribution is -1.80. The molecular formula is C15H20. The minimum atomic E-state index is 1.05. The molecule has 0 aliphatic carbocycles. The molecule has 0 heterocycles. The third-order valence-corrected chi connectivity index (χ3v) is 2.42. The van der Waals surface area contributed by atoms with Gasteiger partial charge in [0, 0.05) is 0 Å². The zero-order chi connectivity index (χ0) is 10.9. The Morgan fingerprint density at radius 1 is 1.07 bits per heavy atom. The van der Waals surface area contributed by atoms with Crippen molar-refractivity contribution >= 4 is 0 Å². The molecule has 0 saturated carbocycles. The van der Waals surface area contributed by atoms with E-state index in [4.69, 9.17) is 0 Å². The van der Waals surface area contributed by atoms with Crippen LogP contribution in [-0.4, -0.2) is 0 Å². The fourth-order valence-electron chi connectivity index (χ4n) is 1.44. The van der Waals surface area contributed by atoms with Crippen molar-refractivity contribution in [3.8, 4) is 0 Å². The van der Waals surface area contributed by atoms with Crippen molar-refractivity contribution in [2.75, 3.05) is 0 Å². The average Bonchev–Trinajstić information content (AvgIpc) is 2.26. The molecule has 0 aliphatic rings. The van der Waals surface area contributed by atoms with Crippen LogP contribution in [-0.2, 0) is 6.42 Å². The fourth-order valence-corrected chi connectivity index (χ4v) is 1.44. The summed E-state index contributed by atoms with van der Waals surface area (Å²) in [5.74, 6) is 0. The van der Waals surface area contributed by atoms with E-state index in [0.717, 1.165) is 19.3 Å². The van der Waals surface area contributed by atoms with Crippen molar-refractivity contribution in [3.63, 3.8) is 0 Å². The molecule has 0 amide bonds. The van der Waals surface area contributed by atoms with Gasteiger partial charge in [0.15, 0.2) is 0 Å². The van der Waals surface area contributed by atoms with Crippen LogP contribution in [0.2, 0.25) is 0 Å². The Balaban J connectivity index is 2.24. The molecule has 15 heavy (non-hydrogen) atoms. The van der Waals surface area contributed by atoms with E-state index < -0.39 is 0 Å². The Kier molecular flexibility index (Phi) is 5.54. The van der Waals surface area contributed by atoms with E-state index in [0.29, 0.717) is 0 Å². The van der Waals surface area contributed by atoms with Gasteiger partial charge in [0.05, 0.1) is 0 Å². The number of rotatable bonds is 6. The molecule has 0 N–H and O–H groups in total. The molecule has 1 aromatic carbocycles. The molecule has 0 unspecified atom stereocenters. The quantitative estimate of drug-likeness (QED) is 0.470. The monoisotopic (exact) mass is 200 g/mol. The van der Waals surface area contributed by atoms with Crippen LogP contribution in [0.4, 0.5) is 0 Å². The molecule has 1 aromatic rings. The Morgan fingerprint density at radius 3 is 2.47 bits per heavy atom. The van der Waals surface area contributed by atoms with Gasteiger partial charge in [-0.15, -0.1) is 6.58 Å². The summed E-state index contributed by atoms with van der Waals surface area (Å²) < 4.78 is 0. The minimum absolute atomic E-state index is 1.05. The molecule has 0 saturated heterocycles. The Hall–Kier alpha value is -1.30. The number of unbranched alkanes of at least 4 members (excludes halogenated alkanes) is 2. The lowest BCUT2D eigenvalue weighted by Gasteiger charge is -1.97. The molecule has 0 nitrogen and oxygen atoms in total. The van der Waals surface area contributed by atoms with Crippen LogP contribution in [0.3, 0.4) is 0 Å². The molecule has 0 heteroatoms. The van der Waals surface area contributed by atoms with Crippen LogP contribution in [0.15, 0.2) is 49.1 Å². The smallest absolute Gasteiger partial charge is 0.00975 e. The molecule has 0 fully saturated rings. The van der Waals surface area contributed by atoms with E-state index in [-0.39, 0.29) is 0 Å². The zero-order valence-electron chi connectivity index (χ0n) is 9.58. The van der Waals surface area contributed by atoms with Crippen LogP contribution >= 0.6 is 0 Å². The first-order valence-corrected chi connectivity index (χ1v) is 5.64. The van der Waals surface area contributed by atoms with Gasteiger partial charge in [0.1, 0.15) is 0 Å². The van der Waals surface area contributed by atoms with Crippen LogP contribution in [0, 0.1) is 6.92 Å². The van der Waals surface area contributed by atoms with Gasteiger partial charge in [-0.1, -0.05) is 48.1 Å². The molecule has 0 atom stereocenters. The van der Waals surface area contributed by atoms with E-state index in [9.17, 15) is 0 Å². The summed E-state index contributed by atoms with van der Waals surface area (Å²) in [6.07, 6.45) is 11.1. The van der Waals surface area contributed by atoms with E-state index in [1.54, 1.807) is 0 Å². The summed E-state index contributed by atoms with van der Waals surface area (Å²) in [5.41, 5.74) is 2.72. The maximum Gasteiger partial charge on any atom is -0.00975 e. The van der Waals surface area contributed by atoms with Gasteiger partial charge in [-0.3, -0.25) is 0 Å². The third-order valence-electron chi connectivity index (χ3n) is 2.42. The van der Waals surface area contributed by atoms with Crippen LogP contribution in [0.1, 0.15) is 30.4 Å². The zero-order valence-corrected chi connectivity index (χ0v) is 9.58. The van der Waals surface area contributed by atoms with Crippen LogP contribution < -0.4 is 0 Å². The highest BCUT2D eigenvalue weighted by Crippen LogP contribution is 2.05. The SMILES string of the molecule is C=CCCC/C=C/Cc1ccc(C)cc1. The molecule has 0 spiro atoms. The Morgan fingerprint density at radius 2 is 1.80 bits per heavy atom. The highest BCUT2D eigenvalue weighted by molar-refractivity contribution is 5.22. The summed E-state index contributed by atoms with van der Waals surface area (Å²) in [5, 5.41) is 0. The number of hydrogen-bond donors (Lipinski definition) is 0. The molecular weight excluding hydrogens is 180 g/mol. The van der Waals surface area contributed by atoms with Crippen molar-refractivity contribution in [1.29, 1.82) is 0 Å². The highest BCUT2D eigenvalue weighted by Gasteiger charge is 1.88. The second-order valence-electron chi connectivity index (χ2n) is 3.88. The van der Waals surface area contributed by atoms with Crippen LogP contribution in [0.25, 0.3) is 0 Å². The van der Waals surface area contributed by atoms with Crippen LogP contribution in [0.5, 0.6) is 0 Å². The van der Waals surface area contributed by atoms with E-state index in [1.807, 2.05) is 6.08 Å². The van der Waals surface area contributed by atoms with Gasteiger partial charge < -0.3 is 0 Å². The van der Waals surface area contributed by atoms with Gasteiger partial charge in [-0.2, -0.15) is 0 Å². The standard InChI is InChI=1S/C15H20/c1-3-4-5-6-7-8-9-15-12-10-14(2)11-13-15/h3,7-8,10-13H,1,4-6,9H2,2H3/b8-7+. The largest absolute Gasteiger partial charge is 0.103 e. The first-order chi connectivity index (χ1) is 7.33. The van der Waals surface area contributed by atoms with Crippen molar-refractivity contribution < 1.29 is 0 Å². The number of benzene rings is 1. The normalized spacial score (nSPS) is 10.7. The third kappa shape index (κ3) is 5.21. The molecule has 80 valence electrons. The number of aryl methyl sites for hydroxylation is 1. The molecule has 0 aliphatic heterocycles. The minimum Gasteiger partial charge on any atom is -0.103 e. The lowest BCUT2D eigenvalue weighted by atomic mass is 10.1. The molecule has 0 aromatic heterocycles. The molecule has 0 bridgehead atoms. The highest BCUT2D eigenvalue weighted by atomic mass is 13.9. The summed E-state index contributed by atoms with van der Waals surface area (Å²) >= 11 is 0. The van der Waals surface area contributed by atoms with Crippen molar-refractivity contribution in [1.82, 2.24) is 0 Å². The summed E-state index contributed by atoms with van der Waals surface area (Å²) in [4.78, 5) is 0. The Bertz CT molecular complexity index is 303. The summed E-state index contributed by atoms with van der Waals surface area (Å²) in [6.45, 7) is 5.83. The average molecular weight is 200 g/mol. The van der Waals surface area contributed by atoms with Gasteiger partial charge in [-0.05, 0) is 38.2 Å². The van der Waals surface area contributed by atoms with Gasteiger partial charge in [0.2, 0.25) is 0 Å². The lowest BCUT2D eigenvalue weighted by molar-refractivity contribution is 0.867. The van der Waals surface area contributed by atoms with E-state index in [1.165, 1.54) is 17.5 Å². The second kappa shape index (κ2) is 7.05. The summed E-state index contributed by atoms with van der Waals surface area (Å²) in [6, 6.07) is 8.73. The maximum absolute atomic E-state index is 3.71. The fraction of sp³-hybridized carbons (Fsp3) is 0.333. The first-order valence-electron chi connectivity index (χ1n) is 5.64. The predicted molar refractivity (Wildman–Crippen MR) is 68.1 cm³/mol. The van der Waals surface area contributed by atoms with Crippen molar-refractivity contribution in [2.45, 2.75) is 32.6 Å². The van der Waals surface area contributed by atoms with Gasteiger partial charge in [-0.25, -0.2) is 0 Å². The first kappa shape index (κ1) is 11.8. The predicted octanol–water partition coefficient (Wildman–Crippen LogP) is 4.45. The molecule has 1 rings (SSSR count). The van der Waals surface area contributed by atoms with E-state index >= 15 is 0 Å². The van der Waals surface area contributed by atoms with E-state index in [2.05, 4.69) is 49.9 Å². The number of hydrogen-bond acceptors (Lipinski definition) is 0. The Labute approximate surface area is 93.3 Å². The maximum atomic E-state index is 3.71. The summed E-state index contributed by atoms with van der Waals surface area (Å²) in [7, 11) is 0. The topological polar surface area (TPSA) is 0 Å². The second-order valence-corrected chi connectivity index (χ2v) is 3.88. The van der Waals surface area contributed by atoms with Crippen molar-refractivity contribution in [2.24, 2.45) is 0 Å². The van der Waals surface area contributed by atoms with Gasteiger partial charge >= 0.3 is 0 Å². The number of allylic oxidation sites excluding steroid dienone is 3.